The SMILES string of the molecule is CS(=O)(=O)OCCc1cccc(N(C(N)=O)c2ccccc2)c1. The number of primary amides is 1. The second-order valence-corrected chi connectivity index (χ2v) is 6.60. The molecule has 2 rings (SSSR count). The van der Waals surface area contributed by atoms with E-state index in [1.807, 2.05) is 24.3 Å². The summed E-state index contributed by atoms with van der Waals surface area (Å²) in [4.78, 5) is 13.2. The molecule has 0 atom stereocenters. The number of urea groups is 1. The minimum absolute atomic E-state index is 0.0458. The van der Waals surface area contributed by atoms with Gasteiger partial charge in [-0.2, -0.15) is 8.42 Å². The molecule has 0 saturated heterocycles. The molecule has 0 saturated carbocycles. The van der Waals surface area contributed by atoms with Crippen molar-refractivity contribution >= 4 is 27.5 Å². The molecule has 0 aliphatic heterocycles. The van der Waals surface area contributed by atoms with Crippen molar-refractivity contribution in [3.63, 3.8) is 0 Å². The molecule has 0 radical (unpaired) electrons. The molecule has 2 amide bonds. The average Bonchev–Trinajstić information content (AvgIpc) is 2.47. The van der Waals surface area contributed by atoms with Gasteiger partial charge in [0.15, 0.2) is 0 Å². The van der Waals surface area contributed by atoms with E-state index >= 15 is 0 Å². The molecular weight excluding hydrogens is 316 g/mol. The smallest absolute Gasteiger partial charge is 0.323 e. The van der Waals surface area contributed by atoms with Crippen LogP contribution < -0.4 is 10.6 Å². The molecule has 0 bridgehead atoms. The lowest BCUT2D eigenvalue weighted by Crippen LogP contribution is -2.31. The molecule has 6 nitrogen and oxygen atoms in total. The highest BCUT2D eigenvalue weighted by Crippen LogP contribution is 2.25. The third-order valence-electron chi connectivity index (χ3n) is 3.09. The van der Waals surface area contributed by atoms with Gasteiger partial charge in [-0.3, -0.25) is 9.08 Å². The van der Waals surface area contributed by atoms with Gasteiger partial charge in [0.25, 0.3) is 10.1 Å². The number of carbonyl (C=O) groups excluding carboxylic acids is 1. The first kappa shape index (κ1) is 17.0. The Morgan fingerprint density at radius 3 is 2.35 bits per heavy atom. The molecule has 0 aliphatic carbocycles. The minimum atomic E-state index is -3.46. The maximum Gasteiger partial charge on any atom is 0.323 e. The summed E-state index contributed by atoms with van der Waals surface area (Å²) >= 11 is 0. The Morgan fingerprint density at radius 1 is 1.09 bits per heavy atom. The van der Waals surface area contributed by atoms with E-state index in [9.17, 15) is 13.2 Å². The van der Waals surface area contributed by atoms with Crippen LogP contribution in [-0.4, -0.2) is 27.3 Å². The number of nitrogens with two attached hydrogens (primary N) is 1. The largest absolute Gasteiger partial charge is 0.351 e. The van der Waals surface area contributed by atoms with Crippen LogP contribution in [0.2, 0.25) is 0 Å². The molecule has 0 fully saturated rings. The molecule has 0 unspecified atom stereocenters. The summed E-state index contributed by atoms with van der Waals surface area (Å²) in [5.74, 6) is 0. The number of carbonyl (C=O) groups is 1. The fraction of sp³-hybridized carbons (Fsp3) is 0.188. The van der Waals surface area contributed by atoms with Crippen molar-refractivity contribution in [2.24, 2.45) is 5.73 Å². The lowest BCUT2D eigenvalue weighted by atomic mass is 10.1. The van der Waals surface area contributed by atoms with E-state index in [1.54, 1.807) is 30.3 Å². The van der Waals surface area contributed by atoms with Crippen molar-refractivity contribution in [3.05, 3.63) is 60.2 Å². The Hall–Kier alpha value is -2.38. The summed E-state index contributed by atoms with van der Waals surface area (Å²) < 4.78 is 26.7. The lowest BCUT2D eigenvalue weighted by Gasteiger charge is -2.21. The summed E-state index contributed by atoms with van der Waals surface area (Å²) in [5, 5.41) is 0. The van der Waals surface area contributed by atoms with Crippen LogP contribution in [0.4, 0.5) is 16.2 Å². The quantitative estimate of drug-likeness (QED) is 0.822. The van der Waals surface area contributed by atoms with Gasteiger partial charge in [0.1, 0.15) is 0 Å². The second-order valence-electron chi connectivity index (χ2n) is 4.96. The molecule has 2 aromatic rings. The number of anilines is 2. The molecule has 0 aliphatic rings. The molecule has 23 heavy (non-hydrogen) atoms. The van der Waals surface area contributed by atoms with Gasteiger partial charge in [-0.25, -0.2) is 4.79 Å². The summed E-state index contributed by atoms with van der Waals surface area (Å²) in [7, 11) is -3.46. The predicted molar refractivity (Wildman–Crippen MR) is 89.1 cm³/mol. The molecule has 0 aromatic heterocycles. The molecule has 0 heterocycles. The van der Waals surface area contributed by atoms with Crippen LogP contribution in [0, 0.1) is 0 Å². The van der Waals surface area contributed by atoms with E-state index in [2.05, 4.69) is 0 Å². The Morgan fingerprint density at radius 2 is 1.74 bits per heavy atom. The van der Waals surface area contributed by atoms with Crippen molar-refractivity contribution in [2.45, 2.75) is 6.42 Å². The third kappa shape index (κ3) is 5.08. The van der Waals surface area contributed by atoms with E-state index in [-0.39, 0.29) is 6.61 Å². The van der Waals surface area contributed by atoms with E-state index in [4.69, 9.17) is 9.92 Å². The maximum atomic E-state index is 11.8. The monoisotopic (exact) mass is 334 g/mol. The summed E-state index contributed by atoms with van der Waals surface area (Å²) in [6, 6.07) is 15.6. The number of para-hydroxylation sites is 1. The van der Waals surface area contributed by atoms with Crippen LogP contribution in [0.1, 0.15) is 5.56 Å². The summed E-state index contributed by atoms with van der Waals surface area (Å²) in [6.07, 6.45) is 1.41. The van der Waals surface area contributed by atoms with E-state index < -0.39 is 16.1 Å². The lowest BCUT2D eigenvalue weighted by molar-refractivity contribution is 0.256. The maximum absolute atomic E-state index is 11.8. The zero-order valence-electron chi connectivity index (χ0n) is 12.7. The van der Waals surface area contributed by atoms with E-state index in [0.29, 0.717) is 17.8 Å². The van der Waals surface area contributed by atoms with Crippen LogP contribution in [0.5, 0.6) is 0 Å². The van der Waals surface area contributed by atoms with Crippen molar-refractivity contribution in [1.29, 1.82) is 0 Å². The number of hydrogen-bond donors (Lipinski definition) is 1. The van der Waals surface area contributed by atoms with Crippen LogP contribution in [0.25, 0.3) is 0 Å². The van der Waals surface area contributed by atoms with Gasteiger partial charge in [0.05, 0.1) is 24.2 Å². The Bertz CT molecular complexity index is 776. The standard InChI is InChI=1S/C16H18N2O4S/c1-23(20,21)22-11-10-13-6-5-9-15(12-13)18(16(17)19)14-7-3-2-4-8-14/h2-9,12H,10-11H2,1H3,(H2,17,19). The molecule has 7 heteroatoms. The fourth-order valence-electron chi connectivity index (χ4n) is 2.14. The summed E-state index contributed by atoms with van der Waals surface area (Å²) in [5.41, 5.74) is 7.60. The zero-order valence-corrected chi connectivity index (χ0v) is 13.5. The van der Waals surface area contributed by atoms with Gasteiger partial charge in [-0.05, 0) is 36.2 Å². The minimum Gasteiger partial charge on any atom is -0.351 e. The first-order valence-electron chi connectivity index (χ1n) is 6.95. The summed E-state index contributed by atoms with van der Waals surface area (Å²) in [6.45, 7) is 0.0458. The number of benzene rings is 2. The number of nitrogens with zero attached hydrogens (tertiary/aromatic N) is 1. The van der Waals surface area contributed by atoms with Crippen LogP contribution in [0.3, 0.4) is 0 Å². The van der Waals surface area contributed by atoms with Gasteiger partial charge < -0.3 is 5.73 Å². The van der Waals surface area contributed by atoms with Crippen molar-refractivity contribution in [1.82, 2.24) is 0 Å². The molecular formula is C16H18N2O4S. The molecule has 2 N–H and O–H groups in total. The predicted octanol–water partition coefficient (Wildman–Crippen LogP) is 2.42. The number of amides is 2. The van der Waals surface area contributed by atoms with Crippen molar-refractivity contribution < 1.29 is 17.4 Å². The van der Waals surface area contributed by atoms with Crippen molar-refractivity contribution in [3.8, 4) is 0 Å². The highest BCUT2D eigenvalue weighted by atomic mass is 32.2. The first-order valence-corrected chi connectivity index (χ1v) is 8.76. The topological polar surface area (TPSA) is 89.7 Å². The van der Waals surface area contributed by atoms with Gasteiger partial charge in [-0.15, -0.1) is 0 Å². The number of rotatable bonds is 6. The first-order chi connectivity index (χ1) is 10.9. The van der Waals surface area contributed by atoms with Gasteiger partial charge in [-0.1, -0.05) is 30.3 Å². The van der Waals surface area contributed by atoms with E-state index in [1.165, 1.54) is 4.90 Å². The average molecular weight is 334 g/mol. The Balaban J connectivity index is 2.21. The Labute approximate surface area is 135 Å². The van der Waals surface area contributed by atoms with E-state index in [0.717, 1.165) is 11.8 Å². The second kappa shape index (κ2) is 7.26. The van der Waals surface area contributed by atoms with Crippen LogP contribution >= 0.6 is 0 Å². The van der Waals surface area contributed by atoms with Crippen molar-refractivity contribution in [2.75, 3.05) is 17.8 Å². The number of hydrogen-bond acceptors (Lipinski definition) is 4. The third-order valence-corrected chi connectivity index (χ3v) is 3.69. The molecule has 0 spiro atoms. The van der Waals surface area contributed by atoms with Crippen LogP contribution in [-0.2, 0) is 20.7 Å². The normalized spacial score (nSPS) is 11.2. The van der Waals surface area contributed by atoms with Crippen LogP contribution in [0.15, 0.2) is 54.6 Å². The van der Waals surface area contributed by atoms with Gasteiger partial charge in [0.2, 0.25) is 0 Å². The van der Waals surface area contributed by atoms with Gasteiger partial charge >= 0.3 is 6.03 Å². The fourth-order valence-corrected chi connectivity index (χ4v) is 2.53. The highest BCUT2D eigenvalue weighted by molar-refractivity contribution is 7.85. The Kier molecular flexibility index (Phi) is 5.36. The highest BCUT2D eigenvalue weighted by Gasteiger charge is 2.15. The molecule has 2 aromatic carbocycles. The zero-order chi connectivity index (χ0) is 16.9. The molecule has 122 valence electrons. The van der Waals surface area contributed by atoms with Gasteiger partial charge in [0, 0.05) is 0 Å².